The lowest BCUT2D eigenvalue weighted by Crippen LogP contribution is -2.35. The molecule has 22 heavy (non-hydrogen) atoms. The van der Waals surface area contributed by atoms with E-state index in [-0.39, 0.29) is 24.9 Å². The minimum atomic E-state index is -0.574. The van der Waals surface area contributed by atoms with Gasteiger partial charge in [0.1, 0.15) is 11.4 Å². The highest BCUT2D eigenvalue weighted by Crippen LogP contribution is 2.09. The minimum Gasteiger partial charge on any atom is -0.444 e. The van der Waals surface area contributed by atoms with Crippen LogP contribution in [0.2, 0.25) is 0 Å². The predicted molar refractivity (Wildman–Crippen MR) is 79.6 cm³/mol. The summed E-state index contributed by atoms with van der Waals surface area (Å²) in [6.07, 6.45) is 0.654. The van der Waals surface area contributed by atoms with Crippen LogP contribution < -0.4 is 10.6 Å². The molecule has 0 radical (unpaired) electrons. The molecule has 2 N–H and O–H groups in total. The first kappa shape index (κ1) is 17.9. The van der Waals surface area contributed by atoms with Crippen molar-refractivity contribution in [1.82, 2.24) is 15.6 Å². The number of nitrogens with zero attached hydrogens (tertiary/aromatic N) is 1. The highest BCUT2D eigenvalue weighted by Gasteiger charge is 2.16. The van der Waals surface area contributed by atoms with Crippen LogP contribution in [0.15, 0.2) is 18.3 Å². The molecule has 1 atom stereocenters. The Morgan fingerprint density at radius 1 is 1.36 bits per heavy atom. The molecule has 1 aromatic heterocycles. The maximum atomic E-state index is 12.8. The number of carbonyl (C=O) groups excluding carboxylic acids is 2. The molecule has 0 aliphatic heterocycles. The van der Waals surface area contributed by atoms with Gasteiger partial charge in [0.15, 0.2) is 0 Å². The summed E-state index contributed by atoms with van der Waals surface area (Å²) in [5.41, 5.74) is -0.00962. The van der Waals surface area contributed by atoms with Crippen LogP contribution in [0.25, 0.3) is 0 Å². The van der Waals surface area contributed by atoms with Gasteiger partial charge in [0.25, 0.3) is 0 Å². The van der Waals surface area contributed by atoms with Gasteiger partial charge in [0.2, 0.25) is 5.91 Å². The van der Waals surface area contributed by atoms with Gasteiger partial charge >= 0.3 is 6.09 Å². The third-order valence-electron chi connectivity index (χ3n) is 2.59. The maximum Gasteiger partial charge on any atom is 0.407 e. The van der Waals surface area contributed by atoms with E-state index >= 15 is 0 Å². The van der Waals surface area contributed by atoms with E-state index in [1.165, 1.54) is 12.1 Å². The summed E-state index contributed by atoms with van der Waals surface area (Å²) in [6.45, 7) is 7.20. The lowest BCUT2D eigenvalue weighted by molar-refractivity contribution is -0.121. The molecule has 1 aromatic rings. The number of pyridine rings is 1. The molecule has 0 saturated carbocycles. The van der Waals surface area contributed by atoms with Gasteiger partial charge in [-0.15, -0.1) is 0 Å². The smallest absolute Gasteiger partial charge is 0.407 e. The van der Waals surface area contributed by atoms with E-state index in [1.54, 1.807) is 27.7 Å². The SMILES string of the molecule is C[C@H](NC(=O)CCNC(=O)OC(C)(C)C)c1ccc(F)cn1. The Balaban J connectivity index is 2.31. The molecule has 0 unspecified atom stereocenters. The van der Waals surface area contributed by atoms with Gasteiger partial charge in [-0.2, -0.15) is 0 Å². The molecular weight excluding hydrogens is 289 g/mol. The first-order valence-corrected chi connectivity index (χ1v) is 7.05. The molecule has 0 aliphatic rings. The average molecular weight is 311 g/mol. The average Bonchev–Trinajstić information content (AvgIpc) is 2.37. The van der Waals surface area contributed by atoms with Crippen molar-refractivity contribution in [2.45, 2.75) is 45.8 Å². The van der Waals surface area contributed by atoms with E-state index in [2.05, 4.69) is 15.6 Å². The summed E-state index contributed by atoms with van der Waals surface area (Å²) in [7, 11) is 0. The fourth-order valence-corrected chi connectivity index (χ4v) is 1.62. The molecule has 6 nitrogen and oxygen atoms in total. The molecule has 0 spiro atoms. The zero-order valence-electron chi connectivity index (χ0n) is 13.3. The van der Waals surface area contributed by atoms with E-state index in [1.807, 2.05) is 0 Å². The van der Waals surface area contributed by atoms with Crippen molar-refractivity contribution in [3.8, 4) is 0 Å². The molecule has 7 heteroatoms. The molecule has 0 saturated heterocycles. The van der Waals surface area contributed by atoms with Gasteiger partial charge in [-0.25, -0.2) is 9.18 Å². The zero-order valence-corrected chi connectivity index (χ0v) is 13.3. The van der Waals surface area contributed by atoms with Gasteiger partial charge in [0.05, 0.1) is 17.9 Å². The van der Waals surface area contributed by atoms with Crippen LogP contribution in [0.3, 0.4) is 0 Å². The van der Waals surface area contributed by atoms with E-state index in [9.17, 15) is 14.0 Å². The zero-order chi connectivity index (χ0) is 16.8. The molecule has 1 heterocycles. The number of hydrogen-bond donors (Lipinski definition) is 2. The second-order valence-corrected chi connectivity index (χ2v) is 5.87. The van der Waals surface area contributed by atoms with Crippen LogP contribution in [0.5, 0.6) is 0 Å². The van der Waals surface area contributed by atoms with E-state index in [0.717, 1.165) is 6.20 Å². The van der Waals surface area contributed by atoms with Crippen molar-refractivity contribution < 1.29 is 18.7 Å². The molecule has 2 amide bonds. The minimum absolute atomic E-state index is 0.116. The van der Waals surface area contributed by atoms with Gasteiger partial charge in [-0.3, -0.25) is 9.78 Å². The Labute approximate surface area is 129 Å². The summed E-state index contributed by atoms with van der Waals surface area (Å²) < 4.78 is 17.8. The number of alkyl carbamates (subject to hydrolysis) is 1. The van der Waals surface area contributed by atoms with Crippen LogP contribution in [0.4, 0.5) is 9.18 Å². The van der Waals surface area contributed by atoms with Crippen molar-refractivity contribution in [1.29, 1.82) is 0 Å². The number of ether oxygens (including phenoxy) is 1. The first-order valence-electron chi connectivity index (χ1n) is 7.05. The van der Waals surface area contributed by atoms with Crippen molar-refractivity contribution in [3.05, 3.63) is 29.8 Å². The van der Waals surface area contributed by atoms with Crippen molar-refractivity contribution in [3.63, 3.8) is 0 Å². The monoisotopic (exact) mass is 311 g/mol. The Morgan fingerprint density at radius 2 is 2.05 bits per heavy atom. The summed E-state index contributed by atoms with van der Waals surface area (Å²) in [5.74, 6) is -0.668. The van der Waals surface area contributed by atoms with Crippen molar-refractivity contribution in [2.75, 3.05) is 6.54 Å². The number of halogens is 1. The van der Waals surface area contributed by atoms with Gasteiger partial charge in [-0.05, 0) is 39.8 Å². The third kappa shape index (κ3) is 7.01. The normalized spacial score (nSPS) is 12.4. The fraction of sp³-hybridized carbons (Fsp3) is 0.533. The molecule has 0 aliphatic carbocycles. The number of rotatable bonds is 5. The van der Waals surface area contributed by atoms with E-state index < -0.39 is 17.5 Å². The summed E-state index contributed by atoms with van der Waals surface area (Å²) in [6, 6.07) is 2.46. The second-order valence-electron chi connectivity index (χ2n) is 5.87. The molecule has 0 aromatic carbocycles. The molecule has 122 valence electrons. The Hall–Kier alpha value is -2.18. The standard InChI is InChI=1S/C15H22FN3O3/c1-10(12-6-5-11(16)9-18-12)19-13(20)7-8-17-14(21)22-15(2,3)4/h5-6,9-10H,7-8H2,1-4H3,(H,17,21)(H,19,20)/t10-/m0/s1. The van der Waals surface area contributed by atoms with Crippen molar-refractivity contribution >= 4 is 12.0 Å². The number of aromatic nitrogens is 1. The lowest BCUT2D eigenvalue weighted by atomic mass is 10.2. The number of nitrogens with one attached hydrogen (secondary N) is 2. The van der Waals surface area contributed by atoms with E-state index in [0.29, 0.717) is 5.69 Å². The van der Waals surface area contributed by atoms with Crippen LogP contribution in [-0.4, -0.2) is 29.1 Å². The summed E-state index contributed by atoms with van der Waals surface area (Å²) in [4.78, 5) is 27.1. The highest BCUT2D eigenvalue weighted by atomic mass is 19.1. The Bertz CT molecular complexity index is 512. The largest absolute Gasteiger partial charge is 0.444 e. The Kier molecular flexibility index (Phi) is 6.27. The summed E-state index contributed by atoms with van der Waals surface area (Å²) in [5, 5.41) is 5.22. The van der Waals surface area contributed by atoms with Crippen LogP contribution in [0.1, 0.15) is 45.9 Å². The molecule has 1 rings (SSSR count). The quantitative estimate of drug-likeness (QED) is 0.874. The highest BCUT2D eigenvalue weighted by molar-refractivity contribution is 5.77. The third-order valence-corrected chi connectivity index (χ3v) is 2.59. The van der Waals surface area contributed by atoms with Crippen LogP contribution in [0, 0.1) is 5.82 Å². The van der Waals surface area contributed by atoms with Crippen LogP contribution in [-0.2, 0) is 9.53 Å². The lowest BCUT2D eigenvalue weighted by Gasteiger charge is -2.19. The molecule has 0 bridgehead atoms. The van der Waals surface area contributed by atoms with Crippen LogP contribution >= 0.6 is 0 Å². The predicted octanol–water partition coefficient (Wildman–Crippen LogP) is 2.31. The number of hydrogen-bond acceptors (Lipinski definition) is 4. The topological polar surface area (TPSA) is 80.3 Å². The number of amides is 2. The fourth-order valence-electron chi connectivity index (χ4n) is 1.62. The first-order chi connectivity index (χ1) is 10.2. The molecule has 0 fully saturated rings. The van der Waals surface area contributed by atoms with Gasteiger partial charge < -0.3 is 15.4 Å². The van der Waals surface area contributed by atoms with Gasteiger partial charge in [-0.1, -0.05) is 0 Å². The molecular formula is C15H22FN3O3. The maximum absolute atomic E-state index is 12.8. The summed E-state index contributed by atoms with van der Waals surface area (Å²) >= 11 is 0. The van der Waals surface area contributed by atoms with Gasteiger partial charge in [0, 0.05) is 13.0 Å². The van der Waals surface area contributed by atoms with E-state index in [4.69, 9.17) is 4.74 Å². The Morgan fingerprint density at radius 3 is 2.59 bits per heavy atom. The number of carbonyl (C=O) groups is 2. The van der Waals surface area contributed by atoms with Crippen molar-refractivity contribution in [2.24, 2.45) is 0 Å². The second kappa shape index (κ2) is 7.72.